The second-order valence-corrected chi connectivity index (χ2v) is 3.95. The molecular formula is C14H14INO. The summed E-state index contributed by atoms with van der Waals surface area (Å²) in [4.78, 5) is 12.1. The van der Waals surface area contributed by atoms with Gasteiger partial charge in [0.15, 0.2) is 18.2 Å². The zero-order valence-electron chi connectivity index (χ0n) is 9.85. The number of halogens is 1. The molecular weight excluding hydrogens is 325 g/mol. The van der Waals surface area contributed by atoms with Crippen molar-refractivity contribution in [2.75, 3.05) is 0 Å². The number of rotatable bonds is 2. The Morgan fingerprint density at radius 2 is 1.41 bits per heavy atom. The molecule has 0 N–H and O–H groups in total. The summed E-state index contributed by atoms with van der Waals surface area (Å²) in [6.45, 7) is 2.01. The van der Waals surface area contributed by atoms with E-state index < -0.39 is 0 Å². The second-order valence-electron chi connectivity index (χ2n) is 3.95. The Bertz CT molecular complexity index is 455. The summed E-state index contributed by atoms with van der Waals surface area (Å²) in [5.74, 6) is 0.0700. The van der Waals surface area contributed by atoms with Crippen LogP contribution in [0.2, 0.25) is 0 Å². The summed E-state index contributed by atoms with van der Waals surface area (Å²) in [7, 11) is 1.93. The smallest absolute Gasteiger partial charge is 0.193 e. The molecule has 1 heterocycles. The van der Waals surface area contributed by atoms with Crippen molar-refractivity contribution >= 4 is 5.78 Å². The van der Waals surface area contributed by atoms with E-state index in [0.717, 1.165) is 16.7 Å². The van der Waals surface area contributed by atoms with Gasteiger partial charge >= 0.3 is 0 Å². The minimum Gasteiger partial charge on any atom is -1.00 e. The summed E-state index contributed by atoms with van der Waals surface area (Å²) in [6, 6.07) is 11.3. The summed E-state index contributed by atoms with van der Waals surface area (Å²) >= 11 is 0. The van der Waals surface area contributed by atoms with E-state index >= 15 is 0 Å². The molecule has 0 saturated carbocycles. The fourth-order valence-corrected chi connectivity index (χ4v) is 1.52. The van der Waals surface area contributed by atoms with Gasteiger partial charge in [-0.1, -0.05) is 29.8 Å². The number of nitrogens with zero attached hydrogens (tertiary/aromatic N) is 1. The van der Waals surface area contributed by atoms with Crippen molar-refractivity contribution in [1.29, 1.82) is 0 Å². The van der Waals surface area contributed by atoms with Crippen molar-refractivity contribution in [3.63, 3.8) is 0 Å². The Morgan fingerprint density at radius 3 is 1.94 bits per heavy atom. The molecule has 17 heavy (non-hydrogen) atoms. The molecule has 1 aromatic carbocycles. The van der Waals surface area contributed by atoms with Gasteiger partial charge in [0, 0.05) is 23.3 Å². The third-order valence-corrected chi connectivity index (χ3v) is 2.55. The number of ketones is 1. The van der Waals surface area contributed by atoms with Crippen LogP contribution in [0.4, 0.5) is 0 Å². The van der Waals surface area contributed by atoms with Gasteiger partial charge in [-0.15, -0.1) is 0 Å². The van der Waals surface area contributed by atoms with Crippen molar-refractivity contribution in [3.05, 3.63) is 65.5 Å². The molecule has 0 saturated heterocycles. The van der Waals surface area contributed by atoms with Gasteiger partial charge in [0.2, 0.25) is 0 Å². The van der Waals surface area contributed by atoms with Crippen LogP contribution in [-0.4, -0.2) is 5.78 Å². The number of carbonyl (C=O) groups excluding carboxylic acids is 1. The van der Waals surface area contributed by atoms with Crippen molar-refractivity contribution in [1.82, 2.24) is 0 Å². The van der Waals surface area contributed by atoms with Crippen LogP contribution in [0.15, 0.2) is 48.8 Å². The highest BCUT2D eigenvalue weighted by molar-refractivity contribution is 6.08. The van der Waals surface area contributed by atoms with E-state index in [4.69, 9.17) is 0 Å². The average Bonchev–Trinajstić information content (AvgIpc) is 2.30. The van der Waals surface area contributed by atoms with E-state index in [9.17, 15) is 4.79 Å². The van der Waals surface area contributed by atoms with Crippen LogP contribution in [0.25, 0.3) is 0 Å². The van der Waals surface area contributed by atoms with Crippen molar-refractivity contribution in [2.24, 2.45) is 7.05 Å². The molecule has 0 aliphatic carbocycles. The van der Waals surface area contributed by atoms with Crippen molar-refractivity contribution in [3.8, 4) is 0 Å². The monoisotopic (exact) mass is 339 g/mol. The van der Waals surface area contributed by atoms with Crippen molar-refractivity contribution in [2.45, 2.75) is 6.92 Å². The predicted octanol–water partition coefficient (Wildman–Crippen LogP) is -0.945. The lowest BCUT2D eigenvalue weighted by molar-refractivity contribution is -0.671. The summed E-state index contributed by atoms with van der Waals surface area (Å²) in [5.41, 5.74) is 2.62. The molecule has 0 amide bonds. The van der Waals surface area contributed by atoms with Crippen LogP contribution in [0.1, 0.15) is 21.5 Å². The zero-order chi connectivity index (χ0) is 11.5. The standard InChI is InChI=1S/C14H14NO.HI/c1-11-3-5-12(6-4-11)14(16)13-7-9-15(2)10-8-13;/h3-10H,1-2H3;1H/q+1;/p-1. The van der Waals surface area contributed by atoms with Crippen LogP contribution in [0.5, 0.6) is 0 Å². The van der Waals surface area contributed by atoms with E-state index in [2.05, 4.69) is 0 Å². The Labute approximate surface area is 118 Å². The highest BCUT2D eigenvalue weighted by Crippen LogP contribution is 2.09. The van der Waals surface area contributed by atoms with E-state index in [1.807, 2.05) is 67.3 Å². The number of aryl methyl sites for hydroxylation is 2. The number of hydrogen-bond donors (Lipinski definition) is 0. The lowest BCUT2D eigenvalue weighted by Crippen LogP contribution is -3.00. The van der Waals surface area contributed by atoms with Gasteiger partial charge in [-0.05, 0) is 6.92 Å². The normalized spacial score (nSPS) is 9.53. The number of benzene rings is 1. The lowest BCUT2D eigenvalue weighted by Gasteiger charge is -2.00. The number of pyridine rings is 1. The van der Waals surface area contributed by atoms with Gasteiger partial charge in [-0.2, -0.15) is 0 Å². The van der Waals surface area contributed by atoms with E-state index in [-0.39, 0.29) is 29.8 Å². The first kappa shape index (κ1) is 13.8. The maximum atomic E-state index is 12.1. The quantitative estimate of drug-likeness (QED) is 0.393. The van der Waals surface area contributed by atoms with Gasteiger partial charge in [-0.3, -0.25) is 4.79 Å². The van der Waals surface area contributed by atoms with Crippen LogP contribution >= 0.6 is 0 Å². The van der Waals surface area contributed by atoms with Crippen LogP contribution in [0, 0.1) is 6.92 Å². The van der Waals surface area contributed by atoms with Gasteiger partial charge in [0.05, 0.1) is 0 Å². The minimum absolute atomic E-state index is 0. The molecule has 88 valence electrons. The highest BCUT2D eigenvalue weighted by Gasteiger charge is 2.09. The molecule has 2 aromatic rings. The first-order chi connectivity index (χ1) is 7.66. The van der Waals surface area contributed by atoms with Gasteiger partial charge in [0.1, 0.15) is 7.05 Å². The van der Waals surface area contributed by atoms with Crippen LogP contribution < -0.4 is 28.5 Å². The summed E-state index contributed by atoms with van der Waals surface area (Å²) in [6.07, 6.45) is 3.75. The molecule has 0 bridgehead atoms. The first-order valence-corrected chi connectivity index (χ1v) is 5.23. The van der Waals surface area contributed by atoms with E-state index in [0.29, 0.717) is 0 Å². The van der Waals surface area contributed by atoms with E-state index in [1.54, 1.807) is 0 Å². The number of hydrogen-bond acceptors (Lipinski definition) is 1. The highest BCUT2D eigenvalue weighted by atomic mass is 127. The number of carbonyl (C=O) groups is 1. The maximum absolute atomic E-state index is 12.1. The molecule has 0 fully saturated rings. The largest absolute Gasteiger partial charge is 1.00 e. The third kappa shape index (κ3) is 3.36. The van der Waals surface area contributed by atoms with Gasteiger partial charge in [0.25, 0.3) is 0 Å². The Hall–Kier alpha value is -1.23. The molecule has 3 heteroatoms. The molecule has 0 spiro atoms. The molecule has 0 atom stereocenters. The topological polar surface area (TPSA) is 20.9 Å². The van der Waals surface area contributed by atoms with Crippen LogP contribution in [0.3, 0.4) is 0 Å². The Kier molecular flexibility index (Phi) is 4.81. The second kappa shape index (κ2) is 5.91. The number of aromatic nitrogens is 1. The minimum atomic E-state index is 0. The lowest BCUT2D eigenvalue weighted by atomic mass is 10.0. The molecule has 2 rings (SSSR count). The maximum Gasteiger partial charge on any atom is 0.193 e. The molecule has 0 aliphatic rings. The molecule has 0 radical (unpaired) electrons. The molecule has 1 aromatic heterocycles. The summed E-state index contributed by atoms with van der Waals surface area (Å²) in [5, 5.41) is 0. The molecule has 0 aliphatic heterocycles. The third-order valence-electron chi connectivity index (χ3n) is 2.55. The Morgan fingerprint density at radius 1 is 0.941 bits per heavy atom. The van der Waals surface area contributed by atoms with Crippen LogP contribution in [-0.2, 0) is 7.05 Å². The van der Waals surface area contributed by atoms with Gasteiger partial charge < -0.3 is 24.0 Å². The zero-order valence-corrected chi connectivity index (χ0v) is 12.0. The predicted molar refractivity (Wildman–Crippen MR) is 62.2 cm³/mol. The van der Waals surface area contributed by atoms with E-state index in [1.165, 1.54) is 0 Å². The van der Waals surface area contributed by atoms with Gasteiger partial charge in [-0.25, -0.2) is 4.57 Å². The fourth-order valence-electron chi connectivity index (χ4n) is 1.52. The molecule has 2 nitrogen and oxygen atoms in total. The summed E-state index contributed by atoms with van der Waals surface area (Å²) < 4.78 is 1.91. The average molecular weight is 339 g/mol. The SMILES string of the molecule is Cc1ccc(C(=O)c2cc[n+](C)cc2)cc1.[I-]. The fraction of sp³-hybridized carbons (Fsp3) is 0.143. The van der Waals surface area contributed by atoms with Crippen molar-refractivity contribution < 1.29 is 33.3 Å². The first-order valence-electron chi connectivity index (χ1n) is 5.23. The Balaban J connectivity index is 0.00000144. The molecule has 0 unspecified atom stereocenters.